The summed E-state index contributed by atoms with van der Waals surface area (Å²) >= 11 is 0. The molecule has 0 spiro atoms. The van der Waals surface area contributed by atoms with Crippen molar-refractivity contribution in [2.24, 2.45) is 0 Å². The number of methoxy groups -OCH3 is 1. The second-order valence-electron chi connectivity index (χ2n) is 6.23. The molecule has 0 radical (unpaired) electrons. The lowest BCUT2D eigenvalue weighted by atomic mass is 10.1. The summed E-state index contributed by atoms with van der Waals surface area (Å²) in [5.41, 5.74) is 1.15. The molecule has 1 aromatic carbocycles. The van der Waals surface area contributed by atoms with E-state index in [1.54, 1.807) is 7.11 Å². The zero-order valence-corrected chi connectivity index (χ0v) is 13.5. The first-order valence-electron chi connectivity index (χ1n) is 8.12. The van der Waals surface area contributed by atoms with Crippen LogP contribution in [0.1, 0.15) is 49.0 Å². The van der Waals surface area contributed by atoms with Gasteiger partial charge in [0.05, 0.1) is 13.2 Å². The Morgan fingerprint density at radius 2 is 2.22 bits per heavy atom. The summed E-state index contributed by atoms with van der Waals surface area (Å²) in [4.78, 5) is 6.89. The third kappa shape index (κ3) is 2.91. The highest BCUT2D eigenvalue weighted by Gasteiger charge is 2.31. The van der Waals surface area contributed by atoms with E-state index in [1.807, 2.05) is 12.1 Å². The molecule has 2 aromatic rings. The maximum atomic E-state index is 5.87. The molecule has 1 aromatic heterocycles. The minimum absolute atomic E-state index is 0.0756. The lowest BCUT2D eigenvalue weighted by Gasteiger charge is -2.24. The van der Waals surface area contributed by atoms with Gasteiger partial charge in [0.15, 0.2) is 5.82 Å². The molecule has 6 nitrogen and oxygen atoms in total. The molecule has 1 aliphatic carbocycles. The number of fused-ring (bicyclic) bond motifs is 1. The van der Waals surface area contributed by atoms with Crippen LogP contribution < -0.4 is 9.47 Å². The first kappa shape index (κ1) is 14.5. The van der Waals surface area contributed by atoms with Gasteiger partial charge in [-0.15, -0.1) is 0 Å². The van der Waals surface area contributed by atoms with Gasteiger partial charge in [0.2, 0.25) is 5.89 Å². The van der Waals surface area contributed by atoms with E-state index in [0.717, 1.165) is 36.0 Å². The zero-order valence-electron chi connectivity index (χ0n) is 13.5. The van der Waals surface area contributed by atoms with E-state index in [9.17, 15) is 0 Å². The number of benzene rings is 1. The van der Waals surface area contributed by atoms with Crippen molar-refractivity contribution >= 4 is 0 Å². The Balaban J connectivity index is 1.53. The molecule has 23 heavy (non-hydrogen) atoms. The van der Waals surface area contributed by atoms with E-state index < -0.39 is 0 Å². The first-order chi connectivity index (χ1) is 11.2. The topological polar surface area (TPSA) is 60.6 Å². The van der Waals surface area contributed by atoms with E-state index in [4.69, 9.17) is 14.0 Å². The molecule has 1 fully saturated rings. The fourth-order valence-electron chi connectivity index (χ4n) is 2.91. The van der Waals surface area contributed by atoms with Crippen molar-refractivity contribution in [3.8, 4) is 11.5 Å². The van der Waals surface area contributed by atoms with Gasteiger partial charge in [-0.05, 0) is 25.8 Å². The number of nitrogens with zero attached hydrogens (tertiary/aromatic N) is 3. The molecule has 1 atom stereocenters. The Hall–Kier alpha value is -2.08. The second kappa shape index (κ2) is 5.85. The zero-order chi connectivity index (χ0) is 15.8. The Labute approximate surface area is 135 Å². The predicted molar refractivity (Wildman–Crippen MR) is 83.6 cm³/mol. The average molecular weight is 315 g/mol. The van der Waals surface area contributed by atoms with Crippen LogP contribution in [0, 0.1) is 0 Å². The van der Waals surface area contributed by atoms with Gasteiger partial charge in [-0.25, -0.2) is 0 Å². The van der Waals surface area contributed by atoms with Crippen LogP contribution in [0.2, 0.25) is 0 Å². The normalized spacial score (nSPS) is 19.6. The summed E-state index contributed by atoms with van der Waals surface area (Å²) < 4.78 is 16.6. The van der Waals surface area contributed by atoms with Crippen LogP contribution in [0.25, 0.3) is 0 Å². The van der Waals surface area contributed by atoms with Crippen LogP contribution in [0.3, 0.4) is 0 Å². The van der Waals surface area contributed by atoms with Gasteiger partial charge >= 0.3 is 0 Å². The minimum Gasteiger partial charge on any atom is -0.497 e. The highest BCUT2D eigenvalue weighted by molar-refractivity contribution is 5.41. The third-order valence-electron chi connectivity index (χ3n) is 4.59. The Morgan fingerprint density at radius 1 is 1.35 bits per heavy atom. The molecule has 1 unspecified atom stereocenters. The Kier molecular flexibility index (Phi) is 3.69. The molecule has 2 aliphatic rings. The van der Waals surface area contributed by atoms with E-state index in [2.05, 4.69) is 28.0 Å². The van der Waals surface area contributed by atoms with E-state index >= 15 is 0 Å². The summed E-state index contributed by atoms with van der Waals surface area (Å²) in [6, 6.07) is 6.05. The van der Waals surface area contributed by atoms with E-state index in [0.29, 0.717) is 18.4 Å². The number of rotatable bonds is 4. The molecule has 1 aliphatic heterocycles. The standard InChI is InChI=1S/C17H21N3O3/c1-11(17-18-16(19-23-17)12-3-4-12)20-7-8-22-15-9-14(21-2)6-5-13(15)10-20/h5-6,9,11-12H,3-4,7-8,10H2,1-2H3. The van der Waals surface area contributed by atoms with Gasteiger partial charge in [-0.2, -0.15) is 4.98 Å². The second-order valence-corrected chi connectivity index (χ2v) is 6.23. The lowest BCUT2D eigenvalue weighted by molar-refractivity contribution is 0.151. The molecule has 0 amide bonds. The van der Waals surface area contributed by atoms with E-state index in [-0.39, 0.29) is 6.04 Å². The first-order valence-corrected chi connectivity index (χ1v) is 8.12. The third-order valence-corrected chi connectivity index (χ3v) is 4.59. The molecule has 2 heterocycles. The SMILES string of the molecule is COc1ccc2c(c1)OCCN(C(C)c1nc(C3CC3)no1)C2. The van der Waals surface area contributed by atoms with Crippen molar-refractivity contribution < 1.29 is 14.0 Å². The Bertz CT molecular complexity index is 696. The molecular weight excluding hydrogens is 294 g/mol. The molecule has 6 heteroatoms. The van der Waals surface area contributed by atoms with Crippen LogP contribution in [0.15, 0.2) is 22.7 Å². The van der Waals surface area contributed by atoms with Crippen molar-refractivity contribution in [1.82, 2.24) is 15.0 Å². The van der Waals surface area contributed by atoms with Crippen molar-refractivity contribution in [2.45, 2.75) is 38.3 Å². The number of hydrogen-bond acceptors (Lipinski definition) is 6. The summed E-state index contributed by atoms with van der Waals surface area (Å²) in [7, 11) is 1.67. The molecule has 0 bridgehead atoms. The maximum absolute atomic E-state index is 5.87. The summed E-state index contributed by atoms with van der Waals surface area (Å²) in [6.07, 6.45) is 2.36. The van der Waals surface area contributed by atoms with Crippen LogP contribution >= 0.6 is 0 Å². The smallest absolute Gasteiger partial charge is 0.243 e. The quantitative estimate of drug-likeness (QED) is 0.864. The van der Waals surface area contributed by atoms with Crippen LogP contribution in [-0.4, -0.2) is 35.3 Å². The fourth-order valence-corrected chi connectivity index (χ4v) is 2.91. The summed E-state index contributed by atoms with van der Waals surface area (Å²) in [5.74, 6) is 3.78. The van der Waals surface area contributed by atoms with Crippen LogP contribution in [0.5, 0.6) is 11.5 Å². The lowest BCUT2D eigenvalue weighted by Crippen LogP contribution is -2.29. The van der Waals surface area contributed by atoms with Gasteiger partial charge in [-0.1, -0.05) is 11.2 Å². The van der Waals surface area contributed by atoms with Crippen molar-refractivity contribution in [2.75, 3.05) is 20.3 Å². The van der Waals surface area contributed by atoms with Crippen LogP contribution in [0.4, 0.5) is 0 Å². The highest BCUT2D eigenvalue weighted by Crippen LogP contribution is 2.39. The highest BCUT2D eigenvalue weighted by atomic mass is 16.5. The molecule has 4 rings (SSSR count). The van der Waals surface area contributed by atoms with Crippen LogP contribution in [-0.2, 0) is 6.54 Å². The Morgan fingerprint density at radius 3 is 3.00 bits per heavy atom. The summed E-state index contributed by atoms with van der Waals surface area (Å²) in [5, 5.41) is 4.12. The van der Waals surface area contributed by atoms with Gasteiger partial charge in [0.25, 0.3) is 0 Å². The average Bonchev–Trinajstić information content (AvgIpc) is 3.35. The molecule has 1 saturated carbocycles. The molecule has 0 saturated heterocycles. The van der Waals surface area contributed by atoms with Crippen molar-refractivity contribution in [3.63, 3.8) is 0 Å². The monoisotopic (exact) mass is 315 g/mol. The van der Waals surface area contributed by atoms with Gasteiger partial charge < -0.3 is 14.0 Å². The molecule has 0 N–H and O–H groups in total. The summed E-state index contributed by atoms with van der Waals surface area (Å²) in [6.45, 7) is 4.35. The van der Waals surface area contributed by atoms with Gasteiger partial charge in [-0.3, -0.25) is 4.90 Å². The predicted octanol–water partition coefficient (Wildman–Crippen LogP) is 2.91. The van der Waals surface area contributed by atoms with Crippen molar-refractivity contribution in [1.29, 1.82) is 0 Å². The molecule has 122 valence electrons. The number of hydrogen-bond donors (Lipinski definition) is 0. The number of aromatic nitrogens is 2. The fraction of sp³-hybridized carbons (Fsp3) is 0.529. The van der Waals surface area contributed by atoms with Crippen molar-refractivity contribution in [3.05, 3.63) is 35.5 Å². The maximum Gasteiger partial charge on any atom is 0.243 e. The van der Waals surface area contributed by atoms with E-state index in [1.165, 1.54) is 12.8 Å². The largest absolute Gasteiger partial charge is 0.497 e. The van der Waals surface area contributed by atoms with Gasteiger partial charge in [0.1, 0.15) is 18.1 Å². The minimum atomic E-state index is 0.0756. The number of ether oxygens (including phenoxy) is 2. The molecular formula is C17H21N3O3. The van der Waals surface area contributed by atoms with Gasteiger partial charge in [0, 0.05) is 30.6 Å².